The largest absolute Gasteiger partial charge is 0.497 e. The molecular formula is C29H30ClN5O5. The Bertz CT molecular complexity index is 1410. The second-order valence-electron chi connectivity index (χ2n) is 9.23. The molecule has 1 aliphatic heterocycles. The molecule has 1 aliphatic rings. The SMILES string of the molecule is COc1ccc(-n2cc(-c3ccc(Cl)cc3)nc2NC(=O)CN(CCN2CCOCC2)C(=O)c2ccco2)cc1. The van der Waals surface area contributed by atoms with Gasteiger partial charge in [0.2, 0.25) is 11.9 Å². The summed E-state index contributed by atoms with van der Waals surface area (Å²) in [6.07, 6.45) is 3.28. The van der Waals surface area contributed by atoms with Gasteiger partial charge >= 0.3 is 0 Å². The summed E-state index contributed by atoms with van der Waals surface area (Å²) in [4.78, 5) is 35.0. The number of halogens is 1. The summed E-state index contributed by atoms with van der Waals surface area (Å²) < 4.78 is 17.8. The highest BCUT2D eigenvalue weighted by atomic mass is 35.5. The van der Waals surface area contributed by atoms with Gasteiger partial charge in [-0.2, -0.15) is 0 Å². The summed E-state index contributed by atoms with van der Waals surface area (Å²) in [6.45, 7) is 3.66. The van der Waals surface area contributed by atoms with Gasteiger partial charge in [0.25, 0.3) is 5.91 Å². The number of furan rings is 1. The minimum absolute atomic E-state index is 0.171. The van der Waals surface area contributed by atoms with Gasteiger partial charge in [0.15, 0.2) is 5.76 Å². The number of amides is 2. The van der Waals surface area contributed by atoms with Crippen LogP contribution in [0.5, 0.6) is 5.75 Å². The van der Waals surface area contributed by atoms with Gasteiger partial charge in [0, 0.05) is 48.6 Å². The zero-order valence-electron chi connectivity index (χ0n) is 22.1. The third-order valence-electron chi connectivity index (χ3n) is 6.59. The molecule has 5 rings (SSSR count). The Morgan fingerprint density at radius 3 is 2.50 bits per heavy atom. The molecule has 0 atom stereocenters. The smallest absolute Gasteiger partial charge is 0.290 e. The number of morpholine rings is 1. The first-order valence-corrected chi connectivity index (χ1v) is 13.3. The molecule has 208 valence electrons. The van der Waals surface area contributed by atoms with E-state index in [1.807, 2.05) is 42.6 Å². The highest BCUT2D eigenvalue weighted by molar-refractivity contribution is 6.30. The fourth-order valence-corrected chi connectivity index (χ4v) is 4.53. The number of hydrogen-bond donors (Lipinski definition) is 1. The van der Waals surface area contributed by atoms with Gasteiger partial charge < -0.3 is 18.8 Å². The van der Waals surface area contributed by atoms with Crippen molar-refractivity contribution >= 4 is 29.4 Å². The first-order valence-electron chi connectivity index (χ1n) is 12.9. The molecule has 2 aromatic heterocycles. The van der Waals surface area contributed by atoms with Crippen LogP contribution in [0.2, 0.25) is 5.02 Å². The number of aromatic nitrogens is 2. The number of carbonyl (C=O) groups excluding carboxylic acids is 2. The van der Waals surface area contributed by atoms with Crippen LogP contribution in [0, 0.1) is 0 Å². The zero-order chi connectivity index (χ0) is 27.9. The molecule has 2 aromatic carbocycles. The first kappa shape index (κ1) is 27.4. The van der Waals surface area contributed by atoms with E-state index in [-0.39, 0.29) is 24.1 Å². The third kappa shape index (κ3) is 6.71. The van der Waals surface area contributed by atoms with Crippen molar-refractivity contribution in [2.24, 2.45) is 0 Å². The predicted molar refractivity (Wildman–Crippen MR) is 151 cm³/mol. The summed E-state index contributed by atoms with van der Waals surface area (Å²) in [7, 11) is 1.60. The second kappa shape index (κ2) is 12.8. The third-order valence-corrected chi connectivity index (χ3v) is 6.84. The van der Waals surface area contributed by atoms with Gasteiger partial charge in [-0.25, -0.2) is 4.98 Å². The van der Waals surface area contributed by atoms with E-state index in [9.17, 15) is 9.59 Å². The lowest BCUT2D eigenvalue weighted by Gasteiger charge is -2.29. The Hall–Kier alpha value is -4.12. The Balaban J connectivity index is 1.37. The quantitative estimate of drug-likeness (QED) is 0.308. The molecule has 40 heavy (non-hydrogen) atoms. The number of nitrogens with one attached hydrogen (secondary N) is 1. The molecule has 1 saturated heterocycles. The van der Waals surface area contributed by atoms with Crippen molar-refractivity contribution in [3.8, 4) is 22.7 Å². The number of carbonyl (C=O) groups is 2. The topological polar surface area (TPSA) is 102 Å². The van der Waals surface area contributed by atoms with Crippen molar-refractivity contribution in [1.82, 2.24) is 19.4 Å². The minimum Gasteiger partial charge on any atom is -0.497 e. The summed E-state index contributed by atoms with van der Waals surface area (Å²) in [5.74, 6) is 0.469. The van der Waals surface area contributed by atoms with Crippen LogP contribution in [0.1, 0.15) is 10.6 Å². The summed E-state index contributed by atoms with van der Waals surface area (Å²) >= 11 is 6.07. The van der Waals surface area contributed by atoms with Crippen molar-refractivity contribution in [2.75, 3.05) is 58.4 Å². The van der Waals surface area contributed by atoms with Gasteiger partial charge in [0.05, 0.1) is 32.3 Å². The average molecular weight is 564 g/mol. The Labute approximate surface area is 237 Å². The normalized spacial score (nSPS) is 13.7. The van der Waals surface area contributed by atoms with Crippen LogP contribution in [0.4, 0.5) is 5.95 Å². The average Bonchev–Trinajstić information content (AvgIpc) is 3.67. The Kier molecular flexibility index (Phi) is 8.80. The van der Waals surface area contributed by atoms with Crippen molar-refractivity contribution in [1.29, 1.82) is 0 Å². The van der Waals surface area contributed by atoms with Crippen LogP contribution < -0.4 is 10.1 Å². The van der Waals surface area contributed by atoms with E-state index < -0.39 is 0 Å². The number of rotatable bonds is 10. The lowest BCUT2D eigenvalue weighted by atomic mass is 10.2. The minimum atomic E-state index is -0.384. The summed E-state index contributed by atoms with van der Waals surface area (Å²) in [6, 6.07) is 18.0. The van der Waals surface area contributed by atoms with Crippen LogP contribution >= 0.6 is 11.6 Å². The van der Waals surface area contributed by atoms with Crippen molar-refractivity contribution < 1.29 is 23.5 Å². The van der Waals surface area contributed by atoms with Crippen molar-refractivity contribution in [2.45, 2.75) is 0 Å². The van der Waals surface area contributed by atoms with E-state index in [1.54, 1.807) is 35.9 Å². The maximum Gasteiger partial charge on any atom is 0.290 e. The van der Waals surface area contributed by atoms with Crippen LogP contribution in [-0.4, -0.2) is 84.2 Å². The molecule has 0 unspecified atom stereocenters. The molecule has 4 aromatic rings. The number of nitrogens with zero attached hydrogens (tertiary/aromatic N) is 4. The van der Waals surface area contributed by atoms with Gasteiger partial charge in [-0.1, -0.05) is 23.7 Å². The van der Waals surface area contributed by atoms with Crippen molar-refractivity contribution in [3.05, 3.63) is 83.9 Å². The molecule has 3 heterocycles. The van der Waals surface area contributed by atoms with Gasteiger partial charge in [0.1, 0.15) is 12.3 Å². The molecule has 1 N–H and O–H groups in total. The molecule has 11 heteroatoms. The maximum absolute atomic E-state index is 13.4. The lowest BCUT2D eigenvalue weighted by Crippen LogP contribution is -2.45. The summed E-state index contributed by atoms with van der Waals surface area (Å²) in [5.41, 5.74) is 2.27. The monoisotopic (exact) mass is 563 g/mol. The number of ether oxygens (including phenoxy) is 2. The number of anilines is 1. The van der Waals surface area contributed by atoms with Crippen LogP contribution in [-0.2, 0) is 9.53 Å². The van der Waals surface area contributed by atoms with E-state index in [4.69, 9.17) is 30.5 Å². The standard InChI is InChI=1S/C29H30ClN5O5/c1-38-24-10-8-23(9-11-24)35-19-25(21-4-6-22(30)7-5-21)31-29(35)32-27(36)20-34(28(37)26-3-2-16-40-26)13-12-33-14-17-39-18-15-33/h2-11,16,19H,12-15,17-18,20H2,1H3,(H,31,32,36). The highest BCUT2D eigenvalue weighted by Crippen LogP contribution is 2.26. The zero-order valence-corrected chi connectivity index (χ0v) is 22.8. The molecule has 0 bridgehead atoms. The van der Waals surface area contributed by atoms with Crippen LogP contribution in [0.25, 0.3) is 16.9 Å². The molecule has 10 nitrogen and oxygen atoms in total. The van der Waals surface area contributed by atoms with Gasteiger partial charge in [-0.05, 0) is 48.5 Å². The van der Waals surface area contributed by atoms with E-state index in [0.717, 1.165) is 24.3 Å². The van der Waals surface area contributed by atoms with Crippen LogP contribution in [0.15, 0.2) is 77.5 Å². The van der Waals surface area contributed by atoms with E-state index in [0.29, 0.717) is 48.7 Å². The molecule has 1 fully saturated rings. The molecule has 0 spiro atoms. The molecular weight excluding hydrogens is 534 g/mol. The second-order valence-corrected chi connectivity index (χ2v) is 9.67. The van der Waals surface area contributed by atoms with Gasteiger partial charge in [-0.15, -0.1) is 0 Å². The number of imidazole rings is 1. The molecule has 0 radical (unpaired) electrons. The number of benzene rings is 2. The van der Waals surface area contributed by atoms with Crippen molar-refractivity contribution in [3.63, 3.8) is 0 Å². The highest BCUT2D eigenvalue weighted by Gasteiger charge is 2.24. The van der Waals surface area contributed by atoms with Crippen LogP contribution in [0.3, 0.4) is 0 Å². The molecule has 2 amide bonds. The lowest BCUT2D eigenvalue weighted by molar-refractivity contribution is -0.117. The molecule has 0 aliphatic carbocycles. The first-order chi connectivity index (χ1) is 19.5. The number of hydrogen-bond acceptors (Lipinski definition) is 7. The predicted octanol–water partition coefficient (Wildman–Crippen LogP) is 4.21. The fraction of sp³-hybridized carbons (Fsp3) is 0.276. The summed E-state index contributed by atoms with van der Waals surface area (Å²) in [5, 5.41) is 3.52. The number of methoxy groups -OCH3 is 1. The van der Waals surface area contributed by atoms with Gasteiger partial charge in [-0.3, -0.25) is 24.4 Å². The van der Waals surface area contributed by atoms with E-state index in [1.165, 1.54) is 11.2 Å². The Morgan fingerprint density at radius 1 is 1.07 bits per heavy atom. The van der Waals surface area contributed by atoms with E-state index >= 15 is 0 Å². The Morgan fingerprint density at radius 2 is 1.82 bits per heavy atom. The molecule has 0 saturated carbocycles. The fourth-order valence-electron chi connectivity index (χ4n) is 4.40. The maximum atomic E-state index is 13.4. The van der Waals surface area contributed by atoms with E-state index in [2.05, 4.69) is 10.2 Å².